The first kappa shape index (κ1) is 82.5. The Hall–Kier alpha value is -19.4. The molecule has 30 aromatic rings. The van der Waals surface area contributed by atoms with E-state index >= 15 is 0 Å². The average molecular weight is 1850 g/mol. The third-order valence-corrected chi connectivity index (χ3v) is 31.1. The lowest BCUT2D eigenvalue weighted by molar-refractivity contribution is 1.17. The van der Waals surface area contributed by atoms with Crippen LogP contribution in [0.4, 0.5) is 0 Å². The van der Waals surface area contributed by atoms with E-state index in [1.165, 1.54) is 275 Å². The lowest BCUT2D eigenvalue weighted by Crippen LogP contribution is -2.00. The van der Waals surface area contributed by atoms with Crippen molar-refractivity contribution in [3.8, 4) is 134 Å². The first-order valence-electron chi connectivity index (χ1n) is 50.4. The minimum atomic E-state index is 1.15. The molecular weight excluding hydrogens is 1770 g/mol. The summed E-state index contributed by atoms with van der Waals surface area (Å²) in [6.45, 7) is 0. The molecule has 678 valence electrons. The molecule has 32 rings (SSSR count). The highest BCUT2D eigenvalue weighted by Crippen LogP contribution is 2.53. The van der Waals surface area contributed by atoms with Gasteiger partial charge in [0.05, 0.1) is 66.2 Å². The van der Waals surface area contributed by atoms with Gasteiger partial charge in [-0.15, -0.1) is 0 Å². The molecule has 0 aliphatic heterocycles. The molecule has 0 amide bonds. The Morgan fingerprint density at radius 3 is 0.610 bits per heavy atom. The lowest BCUT2D eigenvalue weighted by Gasteiger charge is -2.24. The Bertz CT molecular complexity index is 10600. The molecule has 146 heavy (non-hydrogen) atoms. The second-order valence-corrected chi connectivity index (χ2v) is 38.8. The summed E-state index contributed by atoms with van der Waals surface area (Å²) in [5.41, 5.74) is 44.1. The molecule has 0 radical (unpaired) electrons. The maximum atomic E-state index is 2.45. The van der Waals surface area contributed by atoms with Gasteiger partial charge in [-0.05, 0) is 279 Å². The number of aromatic nitrogens is 6. The maximum Gasteiger partial charge on any atom is 0.0542 e. The van der Waals surface area contributed by atoms with Gasteiger partial charge in [0.25, 0.3) is 0 Å². The first-order chi connectivity index (χ1) is 72.5. The second kappa shape index (κ2) is 33.1. The van der Waals surface area contributed by atoms with E-state index in [-0.39, 0.29) is 0 Å². The zero-order valence-electron chi connectivity index (χ0n) is 79.5. The number of hydrogen-bond donors (Lipinski definition) is 0. The zero-order chi connectivity index (χ0) is 95.7. The van der Waals surface area contributed by atoms with Crippen LogP contribution in [-0.2, 0) is 0 Å². The smallest absolute Gasteiger partial charge is 0.0542 e. The molecule has 0 saturated heterocycles. The van der Waals surface area contributed by atoms with Gasteiger partial charge < -0.3 is 27.4 Å². The molecule has 0 bridgehead atoms. The van der Waals surface area contributed by atoms with E-state index in [4.69, 9.17) is 0 Å². The van der Waals surface area contributed by atoms with Crippen LogP contribution in [0.5, 0.6) is 0 Å². The Kier molecular flexibility index (Phi) is 18.7. The normalized spacial score (nSPS) is 12.0. The van der Waals surface area contributed by atoms with Crippen LogP contribution in [0, 0.1) is 0 Å². The SMILES string of the molecule is c1ccc(-n2c3ccccc3c3cc(-c4ccc5c(c4)c4ccccc4n5-c4ccc5c(c4)-c4ccccc4-c4ccccc4-c4ccccc4-5)ccc32)cc1.c1ccc2c(c1)-c1ccccc1-c1ccc(-n3c4ccccc4c4cc(-n5c6ccccc6c6ccccc65)ccc43)cc1-c1ccccc1-2.c1ccc2c(c1)ccc1cc(-n3c4ccccc4c4cc(-n5c6ccccc6c6ccccc65)ccc43)ccc12. The van der Waals surface area contributed by atoms with Crippen molar-refractivity contribution >= 4 is 152 Å². The predicted octanol–water partition coefficient (Wildman–Crippen LogP) is 37.6. The second-order valence-electron chi connectivity index (χ2n) is 38.8. The summed E-state index contributed by atoms with van der Waals surface area (Å²) in [5.74, 6) is 0. The van der Waals surface area contributed by atoms with Gasteiger partial charge in [0.15, 0.2) is 0 Å². The fraction of sp³-hybridized carbons (Fsp3) is 0. The van der Waals surface area contributed by atoms with Crippen molar-refractivity contribution in [2.45, 2.75) is 0 Å². The van der Waals surface area contributed by atoms with E-state index in [1.807, 2.05) is 0 Å². The van der Waals surface area contributed by atoms with E-state index in [0.717, 1.165) is 11.4 Å². The van der Waals surface area contributed by atoms with Crippen molar-refractivity contribution in [1.82, 2.24) is 27.4 Å². The topological polar surface area (TPSA) is 29.6 Å². The van der Waals surface area contributed by atoms with Gasteiger partial charge in [0.2, 0.25) is 0 Å². The van der Waals surface area contributed by atoms with Crippen molar-refractivity contribution in [2.75, 3.05) is 0 Å². The molecule has 0 N–H and O–H groups in total. The summed E-state index contributed by atoms with van der Waals surface area (Å²) in [6, 6.07) is 196. The summed E-state index contributed by atoms with van der Waals surface area (Å²) in [4.78, 5) is 0. The third kappa shape index (κ3) is 12.8. The number of rotatable bonds is 7. The molecule has 0 fully saturated rings. The summed E-state index contributed by atoms with van der Waals surface area (Å²) < 4.78 is 14.5. The van der Waals surface area contributed by atoms with Gasteiger partial charge in [0, 0.05) is 98.8 Å². The van der Waals surface area contributed by atoms with E-state index in [0.29, 0.717) is 0 Å². The Balaban J connectivity index is 0.000000103. The van der Waals surface area contributed by atoms with Crippen LogP contribution in [0.1, 0.15) is 0 Å². The number of benzene rings is 24. The van der Waals surface area contributed by atoms with E-state index in [9.17, 15) is 0 Å². The van der Waals surface area contributed by atoms with Crippen LogP contribution >= 0.6 is 0 Å². The molecule has 6 nitrogen and oxygen atoms in total. The summed E-state index contributed by atoms with van der Waals surface area (Å²) in [5, 5.41) is 20.2. The highest BCUT2D eigenvalue weighted by atomic mass is 15.0. The first-order valence-corrected chi connectivity index (χ1v) is 50.4. The van der Waals surface area contributed by atoms with Gasteiger partial charge in [-0.1, -0.05) is 376 Å². The molecule has 24 aromatic carbocycles. The standard InChI is InChI=1S/C54H34N2.C48H30N2.C38H24N2/c1-2-14-37(15-3-1)55-51-24-12-10-22-46(51)49-32-35(26-30-53(49)55)36-27-31-54-50(33-36)47-23-11-13-25-52(47)56(54)38-28-29-45-43-20-7-6-18-41(43)39-16-4-5-17-40(39)42-19-8-9-21-44(42)48(45)34-38;1-2-14-34-33(13-1)35-15-3-4-17-37(35)39-27-25-31(29-43(39)38-18-6-5-16-36(34)38)50-47-24-12-9-21-42(47)44-30-32(26-28-48(44)50)49-45-22-10-7-19-40(45)41-20-8-11-23-46(41)49;1-2-10-29-25(9-1)17-18-26-23-27(19-21-30(26)29)39-37-16-8-5-13-33(37)34-24-28(20-22-38(34)39)40-35-14-6-3-11-31(35)32-12-4-7-15-36(32)40/h1-34H;1-30H;1-24H. The third-order valence-electron chi connectivity index (χ3n) is 31.1. The van der Waals surface area contributed by atoms with Gasteiger partial charge in [0.1, 0.15) is 0 Å². The van der Waals surface area contributed by atoms with E-state index in [1.54, 1.807) is 0 Å². The van der Waals surface area contributed by atoms with Crippen LogP contribution in [0.25, 0.3) is 287 Å². The van der Waals surface area contributed by atoms with Crippen LogP contribution < -0.4 is 0 Å². The monoisotopic (exact) mass is 1850 g/mol. The quantitative estimate of drug-likeness (QED) is 0.142. The van der Waals surface area contributed by atoms with Crippen LogP contribution in [0.2, 0.25) is 0 Å². The highest BCUT2D eigenvalue weighted by molar-refractivity contribution is 6.19. The van der Waals surface area contributed by atoms with Gasteiger partial charge in [-0.2, -0.15) is 0 Å². The molecule has 0 spiro atoms. The predicted molar refractivity (Wildman–Crippen MR) is 616 cm³/mol. The highest BCUT2D eigenvalue weighted by Gasteiger charge is 2.29. The van der Waals surface area contributed by atoms with Crippen molar-refractivity contribution in [3.05, 3.63) is 534 Å². The summed E-state index contributed by atoms with van der Waals surface area (Å²) >= 11 is 0. The maximum absolute atomic E-state index is 2.45. The van der Waals surface area contributed by atoms with Crippen molar-refractivity contribution in [1.29, 1.82) is 0 Å². The average Bonchev–Trinajstić information content (AvgIpc) is 1.14. The largest absolute Gasteiger partial charge is 0.309 e. The van der Waals surface area contributed by atoms with Crippen molar-refractivity contribution in [2.24, 2.45) is 0 Å². The molecule has 6 aromatic heterocycles. The fourth-order valence-corrected chi connectivity index (χ4v) is 24.7. The molecule has 0 unspecified atom stereocenters. The molecule has 0 atom stereocenters. The van der Waals surface area contributed by atoms with Crippen LogP contribution in [-0.4, -0.2) is 27.4 Å². The Morgan fingerprint density at radius 1 is 0.0890 bits per heavy atom. The van der Waals surface area contributed by atoms with Crippen molar-refractivity contribution in [3.63, 3.8) is 0 Å². The number of nitrogens with zero attached hydrogens (tertiary/aromatic N) is 6. The molecule has 2 aliphatic rings. The van der Waals surface area contributed by atoms with Gasteiger partial charge in [-0.3, -0.25) is 0 Å². The van der Waals surface area contributed by atoms with Crippen molar-refractivity contribution < 1.29 is 0 Å². The number of hydrogen-bond acceptors (Lipinski definition) is 0. The minimum Gasteiger partial charge on any atom is -0.309 e. The fourth-order valence-electron chi connectivity index (χ4n) is 24.7. The molecule has 0 saturated carbocycles. The van der Waals surface area contributed by atoms with Gasteiger partial charge >= 0.3 is 0 Å². The zero-order valence-corrected chi connectivity index (χ0v) is 79.5. The molecule has 6 heteroatoms. The Labute approximate surface area is 841 Å². The van der Waals surface area contributed by atoms with Crippen LogP contribution in [0.3, 0.4) is 0 Å². The Morgan fingerprint density at radius 2 is 0.288 bits per heavy atom. The molecule has 6 heterocycles. The molecule has 2 aliphatic carbocycles. The molecular formula is C140H88N6. The summed E-state index contributed by atoms with van der Waals surface area (Å²) in [6.07, 6.45) is 0. The number of fused-ring (bicyclic) bond motifs is 37. The van der Waals surface area contributed by atoms with Crippen LogP contribution in [0.15, 0.2) is 534 Å². The number of para-hydroxylation sites is 9. The lowest BCUT2D eigenvalue weighted by atomic mass is 9.81. The summed E-state index contributed by atoms with van der Waals surface area (Å²) in [7, 11) is 0. The minimum absolute atomic E-state index is 1.15. The van der Waals surface area contributed by atoms with E-state index < -0.39 is 0 Å². The van der Waals surface area contributed by atoms with Gasteiger partial charge in [-0.25, -0.2) is 0 Å². The van der Waals surface area contributed by atoms with E-state index in [2.05, 4.69) is 561 Å².